The summed E-state index contributed by atoms with van der Waals surface area (Å²) in [5.41, 5.74) is 0.475. The third-order valence-corrected chi connectivity index (χ3v) is 3.98. The predicted molar refractivity (Wildman–Crippen MR) is 102 cm³/mol. The van der Waals surface area contributed by atoms with Crippen LogP contribution in [0, 0.1) is 22.9 Å². The lowest BCUT2D eigenvalue weighted by Crippen LogP contribution is -2.34. The molecule has 0 saturated heterocycles. The molecule has 0 heterocycles. The lowest BCUT2D eigenvalue weighted by Gasteiger charge is -2.13. The number of halogens is 2. The van der Waals surface area contributed by atoms with Crippen LogP contribution in [0.4, 0.5) is 15.8 Å². The number of benzene rings is 2. The topological polar surface area (TPSA) is 93.5 Å². The molecule has 0 fully saturated rings. The second kappa shape index (κ2) is 8.19. The minimum Gasteiger partial charge on any atom is -0.496 e. The van der Waals surface area contributed by atoms with Crippen LogP contribution in [0.1, 0.15) is 15.9 Å². The van der Waals surface area contributed by atoms with Gasteiger partial charge in [0.1, 0.15) is 5.75 Å². The summed E-state index contributed by atoms with van der Waals surface area (Å²) in [5.74, 6) is -1.10. The number of carbonyl (C=O) groups excluding carboxylic acids is 1. The van der Waals surface area contributed by atoms with Gasteiger partial charge in [0.05, 0.1) is 17.6 Å². The van der Waals surface area contributed by atoms with E-state index < -0.39 is 22.3 Å². The van der Waals surface area contributed by atoms with Crippen LogP contribution in [0.15, 0.2) is 34.8 Å². The second-order valence-corrected chi connectivity index (χ2v) is 6.46. The fourth-order valence-corrected chi connectivity index (χ4v) is 3.02. The Morgan fingerprint density at radius 3 is 2.65 bits per heavy atom. The number of anilines is 1. The molecule has 0 saturated carbocycles. The molecular formula is C16H13BrFN3O4S. The molecule has 0 aromatic heterocycles. The van der Waals surface area contributed by atoms with E-state index in [4.69, 9.17) is 17.0 Å². The van der Waals surface area contributed by atoms with Crippen LogP contribution in [0.2, 0.25) is 0 Å². The number of thiocarbonyl (C=S) groups is 1. The van der Waals surface area contributed by atoms with E-state index in [9.17, 15) is 19.3 Å². The Morgan fingerprint density at radius 2 is 2.04 bits per heavy atom. The number of carbonyl (C=O) groups is 1. The number of ether oxygens (including phenoxy) is 1. The average molecular weight is 442 g/mol. The molecule has 136 valence electrons. The first kappa shape index (κ1) is 19.7. The summed E-state index contributed by atoms with van der Waals surface area (Å²) in [6.07, 6.45) is 0. The van der Waals surface area contributed by atoms with E-state index in [0.29, 0.717) is 10.2 Å². The van der Waals surface area contributed by atoms with Crippen molar-refractivity contribution >= 4 is 50.5 Å². The lowest BCUT2D eigenvalue weighted by atomic mass is 10.1. The summed E-state index contributed by atoms with van der Waals surface area (Å²) in [5, 5.41) is 15.7. The third-order valence-electron chi connectivity index (χ3n) is 3.32. The molecule has 2 aromatic rings. The SMILES string of the molecule is COc1c(C)cc(Br)cc1C(=O)NC(=S)Nc1ccc(F)c([N+](=O)[O-])c1. The van der Waals surface area contributed by atoms with E-state index in [-0.39, 0.29) is 16.4 Å². The van der Waals surface area contributed by atoms with Gasteiger partial charge < -0.3 is 10.1 Å². The number of hydrogen-bond acceptors (Lipinski definition) is 5. The molecule has 0 bridgehead atoms. The zero-order valence-corrected chi connectivity index (χ0v) is 16.0. The molecule has 0 atom stereocenters. The fraction of sp³-hybridized carbons (Fsp3) is 0.125. The first-order valence-electron chi connectivity index (χ1n) is 7.13. The van der Waals surface area contributed by atoms with E-state index in [2.05, 4.69) is 26.6 Å². The van der Waals surface area contributed by atoms with Crippen LogP contribution in [0.3, 0.4) is 0 Å². The van der Waals surface area contributed by atoms with Crippen molar-refractivity contribution in [1.82, 2.24) is 5.32 Å². The largest absolute Gasteiger partial charge is 0.496 e. The summed E-state index contributed by atoms with van der Waals surface area (Å²) in [4.78, 5) is 22.4. The Bertz CT molecular complexity index is 907. The lowest BCUT2D eigenvalue weighted by molar-refractivity contribution is -0.387. The summed E-state index contributed by atoms with van der Waals surface area (Å²) < 4.78 is 19.3. The van der Waals surface area contributed by atoms with Gasteiger partial charge in [-0.25, -0.2) is 0 Å². The van der Waals surface area contributed by atoms with Crippen molar-refractivity contribution in [2.45, 2.75) is 6.92 Å². The number of aryl methyl sites for hydroxylation is 1. The highest BCUT2D eigenvalue weighted by Crippen LogP contribution is 2.28. The van der Waals surface area contributed by atoms with Crippen molar-refractivity contribution < 1.29 is 18.8 Å². The third kappa shape index (κ3) is 4.52. The zero-order chi connectivity index (χ0) is 19.4. The maximum Gasteiger partial charge on any atom is 0.306 e. The van der Waals surface area contributed by atoms with Gasteiger partial charge >= 0.3 is 5.69 Å². The predicted octanol–water partition coefficient (Wildman–Crippen LogP) is 3.94. The highest BCUT2D eigenvalue weighted by Gasteiger charge is 2.18. The van der Waals surface area contributed by atoms with Crippen molar-refractivity contribution in [2.24, 2.45) is 0 Å². The van der Waals surface area contributed by atoms with Gasteiger partial charge in [0.2, 0.25) is 5.82 Å². The van der Waals surface area contributed by atoms with Crippen LogP contribution in [0.25, 0.3) is 0 Å². The molecule has 0 radical (unpaired) electrons. The molecule has 0 aliphatic rings. The Morgan fingerprint density at radius 1 is 1.35 bits per heavy atom. The molecule has 0 aliphatic carbocycles. The summed E-state index contributed by atoms with van der Waals surface area (Å²) >= 11 is 8.35. The molecule has 0 aliphatic heterocycles. The van der Waals surface area contributed by atoms with Crippen LogP contribution in [-0.2, 0) is 0 Å². The molecule has 2 rings (SSSR count). The van der Waals surface area contributed by atoms with Crippen molar-refractivity contribution in [2.75, 3.05) is 12.4 Å². The maximum absolute atomic E-state index is 13.4. The average Bonchev–Trinajstić information content (AvgIpc) is 2.55. The highest BCUT2D eigenvalue weighted by molar-refractivity contribution is 9.10. The Labute approximate surface area is 161 Å². The van der Waals surface area contributed by atoms with Crippen molar-refractivity contribution in [1.29, 1.82) is 0 Å². The first-order valence-corrected chi connectivity index (χ1v) is 8.33. The van der Waals surface area contributed by atoms with Gasteiger partial charge in [0.15, 0.2) is 5.11 Å². The maximum atomic E-state index is 13.4. The molecule has 7 nitrogen and oxygen atoms in total. The van der Waals surface area contributed by atoms with E-state index >= 15 is 0 Å². The molecule has 26 heavy (non-hydrogen) atoms. The van der Waals surface area contributed by atoms with E-state index in [1.54, 1.807) is 19.1 Å². The smallest absolute Gasteiger partial charge is 0.306 e. The van der Waals surface area contributed by atoms with Crippen molar-refractivity contribution in [3.05, 3.63) is 61.9 Å². The minimum absolute atomic E-state index is 0.101. The number of amides is 1. The van der Waals surface area contributed by atoms with Gasteiger partial charge in [-0.1, -0.05) is 15.9 Å². The Hall–Kier alpha value is -2.59. The van der Waals surface area contributed by atoms with Crippen LogP contribution >= 0.6 is 28.1 Å². The number of nitro groups is 1. The minimum atomic E-state index is -0.968. The highest BCUT2D eigenvalue weighted by atomic mass is 79.9. The zero-order valence-electron chi connectivity index (χ0n) is 13.6. The fourth-order valence-electron chi connectivity index (χ4n) is 2.23. The monoisotopic (exact) mass is 441 g/mol. The van der Waals surface area contributed by atoms with Gasteiger partial charge in [-0.15, -0.1) is 0 Å². The Balaban J connectivity index is 2.17. The van der Waals surface area contributed by atoms with Gasteiger partial charge in [-0.3, -0.25) is 20.2 Å². The van der Waals surface area contributed by atoms with E-state index in [1.807, 2.05) is 0 Å². The van der Waals surface area contributed by atoms with Crippen LogP contribution in [0.5, 0.6) is 5.75 Å². The number of nitro benzene ring substituents is 1. The van der Waals surface area contributed by atoms with Crippen molar-refractivity contribution in [3.8, 4) is 5.75 Å². The normalized spacial score (nSPS) is 10.2. The van der Waals surface area contributed by atoms with Gasteiger partial charge in [-0.05, 0) is 49.0 Å². The van der Waals surface area contributed by atoms with Gasteiger partial charge in [0.25, 0.3) is 5.91 Å². The molecule has 10 heteroatoms. The first-order chi connectivity index (χ1) is 12.2. The number of methoxy groups -OCH3 is 1. The molecule has 2 aromatic carbocycles. The number of nitrogens with one attached hydrogen (secondary N) is 2. The summed E-state index contributed by atoms with van der Waals surface area (Å²) in [6.45, 7) is 1.79. The molecule has 0 spiro atoms. The Kier molecular flexibility index (Phi) is 6.22. The van der Waals surface area contributed by atoms with E-state index in [0.717, 1.165) is 17.7 Å². The standard InChI is InChI=1S/C16H13BrFN3O4S/c1-8-5-9(17)6-11(14(8)25-2)15(22)20-16(26)19-10-3-4-12(18)13(7-10)21(23)24/h3-7H,1-2H3,(H2,19,20,22,26). The summed E-state index contributed by atoms with van der Waals surface area (Å²) in [7, 11) is 1.45. The molecular weight excluding hydrogens is 429 g/mol. The number of rotatable bonds is 4. The quantitative estimate of drug-likeness (QED) is 0.423. The molecule has 1 amide bonds. The van der Waals surface area contributed by atoms with Gasteiger partial charge in [0, 0.05) is 16.2 Å². The van der Waals surface area contributed by atoms with Crippen LogP contribution < -0.4 is 15.4 Å². The number of hydrogen-bond donors (Lipinski definition) is 2. The van der Waals surface area contributed by atoms with Crippen LogP contribution in [-0.4, -0.2) is 23.1 Å². The number of nitrogens with zero attached hydrogens (tertiary/aromatic N) is 1. The van der Waals surface area contributed by atoms with E-state index in [1.165, 1.54) is 13.2 Å². The molecule has 2 N–H and O–H groups in total. The second-order valence-electron chi connectivity index (χ2n) is 5.14. The van der Waals surface area contributed by atoms with Gasteiger partial charge in [-0.2, -0.15) is 4.39 Å². The molecule has 0 unspecified atom stereocenters. The summed E-state index contributed by atoms with van der Waals surface area (Å²) in [6, 6.07) is 6.56. The van der Waals surface area contributed by atoms with Crippen molar-refractivity contribution in [3.63, 3.8) is 0 Å².